The number of rotatable bonds is 4. The lowest BCUT2D eigenvalue weighted by molar-refractivity contribution is 0.849. The van der Waals surface area contributed by atoms with Crippen LogP contribution in [0.4, 0.5) is 0 Å². The summed E-state index contributed by atoms with van der Waals surface area (Å²) in [6.07, 6.45) is 0. The molecule has 0 aliphatic carbocycles. The van der Waals surface area contributed by atoms with Gasteiger partial charge in [0.05, 0.1) is 11.6 Å². The molecule has 1 heterocycles. The summed E-state index contributed by atoms with van der Waals surface area (Å²) in [5.74, 6) is 7.39. The molecule has 3 rings (SSSR count). The van der Waals surface area contributed by atoms with E-state index in [1.165, 1.54) is 16.4 Å². The van der Waals surface area contributed by atoms with Gasteiger partial charge in [-0.2, -0.15) is 5.26 Å². The summed E-state index contributed by atoms with van der Waals surface area (Å²) in [6, 6.07) is 17.3. The summed E-state index contributed by atoms with van der Waals surface area (Å²) in [7, 11) is 0. The fourth-order valence-corrected chi connectivity index (χ4v) is 3.34. The number of aromatic nitrogens is 3. The maximum Gasteiger partial charge on any atom is 0.210 e. The quantitative estimate of drug-likeness (QED) is 0.548. The van der Waals surface area contributed by atoms with Gasteiger partial charge >= 0.3 is 0 Å². The molecule has 7 heteroatoms. The molecule has 2 aromatic carbocycles. The third kappa shape index (κ3) is 3.38. The number of nitrogens with two attached hydrogens (primary N) is 1. The van der Waals surface area contributed by atoms with E-state index in [4.69, 9.17) is 11.1 Å². The highest BCUT2D eigenvalue weighted by molar-refractivity contribution is 9.10. The van der Waals surface area contributed by atoms with Crippen LogP contribution >= 0.6 is 27.7 Å². The fourth-order valence-electron chi connectivity index (χ4n) is 2.08. The van der Waals surface area contributed by atoms with Gasteiger partial charge in [-0.15, -0.1) is 10.2 Å². The molecular formula is C16H12BrN5S. The second-order valence-corrected chi connectivity index (χ2v) is 6.55. The smallest absolute Gasteiger partial charge is 0.210 e. The van der Waals surface area contributed by atoms with E-state index in [1.807, 2.05) is 42.5 Å². The lowest BCUT2D eigenvalue weighted by Gasteiger charge is -2.05. The van der Waals surface area contributed by atoms with Gasteiger partial charge in [-0.05, 0) is 29.8 Å². The molecule has 2 N–H and O–H groups in total. The Kier molecular flexibility index (Phi) is 4.65. The van der Waals surface area contributed by atoms with E-state index in [1.54, 1.807) is 6.07 Å². The molecule has 0 fully saturated rings. The number of hydrogen-bond acceptors (Lipinski definition) is 5. The van der Waals surface area contributed by atoms with Gasteiger partial charge in [-0.1, -0.05) is 52.0 Å². The summed E-state index contributed by atoms with van der Waals surface area (Å²) in [4.78, 5) is 0. The Balaban J connectivity index is 1.80. The maximum absolute atomic E-state index is 8.94. The molecule has 0 spiro atoms. The van der Waals surface area contributed by atoms with Gasteiger partial charge < -0.3 is 5.84 Å². The maximum atomic E-state index is 8.94. The predicted molar refractivity (Wildman–Crippen MR) is 94.0 cm³/mol. The third-order valence-corrected chi connectivity index (χ3v) is 4.91. The van der Waals surface area contributed by atoms with Crippen LogP contribution in [0.5, 0.6) is 0 Å². The Morgan fingerprint density at radius 2 is 2.00 bits per heavy atom. The Bertz CT molecular complexity index is 884. The second-order valence-electron chi connectivity index (χ2n) is 4.76. The standard InChI is InChI=1S/C16H12BrN5S/c17-14-7-2-1-6-13(14)15-20-21-16(22(15)19)23-10-12-5-3-4-11(8-12)9-18/h1-8H,10,19H2. The van der Waals surface area contributed by atoms with E-state index >= 15 is 0 Å². The lowest BCUT2D eigenvalue weighted by atomic mass is 10.2. The summed E-state index contributed by atoms with van der Waals surface area (Å²) in [5, 5.41) is 17.9. The molecule has 0 aliphatic heterocycles. The van der Waals surface area contributed by atoms with Gasteiger partial charge in [0, 0.05) is 15.8 Å². The van der Waals surface area contributed by atoms with Crippen molar-refractivity contribution in [3.63, 3.8) is 0 Å². The number of nitriles is 1. The van der Waals surface area contributed by atoms with Crippen LogP contribution in [0.3, 0.4) is 0 Å². The molecule has 23 heavy (non-hydrogen) atoms. The first kappa shape index (κ1) is 15.6. The molecule has 0 radical (unpaired) electrons. The van der Waals surface area contributed by atoms with Crippen LogP contribution in [-0.4, -0.2) is 14.9 Å². The molecule has 0 atom stereocenters. The SMILES string of the molecule is N#Cc1cccc(CSc2nnc(-c3ccccc3Br)n2N)c1. The zero-order chi connectivity index (χ0) is 16.2. The average Bonchev–Trinajstić information content (AvgIpc) is 2.94. The van der Waals surface area contributed by atoms with E-state index < -0.39 is 0 Å². The fraction of sp³-hybridized carbons (Fsp3) is 0.0625. The molecule has 0 saturated heterocycles. The third-order valence-electron chi connectivity index (χ3n) is 3.20. The van der Waals surface area contributed by atoms with Crippen molar-refractivity contribution >= 4 is 27.7 Å². The highest BCUT2D eigenvalue weighted by Gasteiger charge is 2.14. The van der Waals surface area contributed by atoms with E-state index in [-0.39, 0.29) is 0 Å². The number of nitrogens with zero attached hydrogens (tertiary/aromatic N) is 4. The summed E-state index contributed by atoms with van der Waals surface area (Å²) in [6.45, 7) is 0. The van der Waals surface area contributed by atoms with Crippen molar-refractivity contribution in [1.29, 1.82) is 5.26 Å². The summed E-state index contributed by atoms with van der Waals surface area (Å²) >= 11 is 4.97. The molecular weight excluding hydrogens is 374 g/mol. The number of halogens is 1. The zero-order valence-corrected chi connectivity index (χ0v) is 14.4. The summed E-state index contributed by atoms with van der Waals surface area (Å²) < 4.78 is 2.40. The van der Waals surface area contributed by atoms with Crippen LogP contribution in [-0.2, 0) is 5.75 Å². The van der Waals surface area contributed by atoms with Crippen molar-refractivity contribution in [3.05, 3.63) is 64.1 Å². The molecule has 0 aliphatic rings. The van der Waals surface area contributed by atoms with Gasteiger partial charge in [0.2, 0.25) is 5.16 Å². The Morgan fingerprint density at radius 1 is 1.17 bits per heavy atom. The van der Waals surface area contributed by atoms with Crippen molar-refractivity contribution in [3.8, 4) is 17.5 Å². The monoisotopic (exact) mass is 385 g/mol. The molecule has 0 unspecified atom stereocenters. The Morgan fingerprint density at radius 3 is 2.78 bits per heavy atom. The molecule has 1 aromatic heterocycles. The topological polar surface area (TPSA) is 80.5 Å². The van der Waals surface area contributed by atoms with Crippen LogP contribution in [0.2, 0.25) is 0 Å². The molecule has 114 valence electrons. The molecule has 0 bridgehead atoms. The predicted octanol–water partition coefficient (Wildman–Crippen LogP) is 3.59. The number of hydrogen-bond donors (Lipinski definition) is 1. The second kappa shape index (κ2) is 6.86. The van der Waals surface area contributed by atoms with Crippen molar-refractivity contribution in [1.82, 2.24) is 14.9 Å². The molecule has 5 nitrogen and oxygen atoms in total. The van der Waals surface area contributed by atoms with Gasteiger partial charge in [0.1, 0.15) is 0 Å². The highest BCUT2D eigenvalue weighted by Crippen LogP contribution is 2.28. The van der Waals surface area contributed by atoms with Crippen LogP contribution in [0, 0.1) is 11.3 Å². The minimum Gasteiger partial charge on any atom is -0.335 e. The molecule has 3 aromatic rings. The minimum atomic E-state index is 0.603. The van der Waals surface area contributed by atoms with Gasteiger partial charge in [-0.25, -0.2) is 4.68 Å². The highest BCUT2D eigenvalue weighted by atomic mass is 79.9. The first-order valence-electron chi connectivity index (χ1n) is 6.76. The van der Waals surface area contributed by atoms with Crippen molar-refractivity contribution in [2.24, 2.45) is 0 Å². The molecule has 0 amide bonds. The number of thioether (sulfide) groups is 1. The van der Waals surface area contributed by atoms with Crippen LogP contribution in [0.25, 0.3) is 11.4 Å². The first-order valence-corrected chi connectivity index (χ1v) is 8.54. The van der Waals surface area contributed by atoms with Crippen molar-refractivity contribution < 1.29 is 0 Å². The first-order chi connectivity index (χ1) is 11.2. The van der Waals surface area contributed by atoms with Gasteiger partial charge in [-0.3, -0.25) is 0 Å². The van der Waals surface area contributed by atoms with Gasteiger partial charge in [0.25, 0.3) is 0 Å². The average molecular weight is 386 g/mol. The van der Waals surface area contributed by atoms with Crippen molar-refractivity contribution in [2.75, 3.05) is 5.84 Å². The Labute approximate surface area is 146 Å². The van der Waals surface area contributed by atoms with Crippen molar-refractivity contribution in [2.45, 2.75) is 10.9 Å². The minimum absolute atomic E-state index is 0.603. The zero-order valence-electron chi connectivity index (χ0n) is 12.0. The van der Waals surface area contributed by atoms with Crippen LogP contribution in [0.15, 0.2) is 58.2 Å². The van der Waals surface area contributed by atoms with Gasteiger partial charge in [0.15, 0.2) is 5.82 Å². The van der Waals surface area contributed by atoms with E-state index in [0.717, 1.165) is 15.6 Å². The Hall–Kier alpha value is -2.30. The van der Waals surface area contributed by atoms with E-state index in [2.05, 4.69) is 32.2 Å². The summed E-state index contributed by atoms with van der Waals surface area (Å²) in [5.41, 5.74) is 2.58. The largest absolute Gasteiger partial charge is 0.335 e. The lowest BCUT2D eigenvalue weighted by Crippen LogP contribution is -2.11. The normalized spacial score (nSPS) is 10.4. The number of benzene rings is 2. The van der Waals surface area contributed by atoms with Crippen LogP contribution < -0.4 is 5.84 Å². The van der Waals surface area contributed by atoms with Crippen LogP contribution in [0.1, 0.15) is 11.1 Å². The van der Waals surface area contributed by atoms with E-state index in [9.17, 15) is 0 Å². The van der Waals surface area contributed by atoms with E-state index in [0.29, 0.717) is 22.3 Å². The number of nitrogen functional groups attached to an aromatic ring is 1. The molecule has 0 saturated carbocycles.